The Balaban J connectivity index is 2.71. The Morgan fingerprint density at radius 1 is 1.50 bits per heavy atom. The zero-order valence-corrected chi connectivity index (χ0v) is 9.56. The van der Waals surface area contributed by atoms with Crippen LogP contribution in [0.5, 0.6) is 0 Å². The van der Waals surface area contributed by atoms with Gasteiger partial charge in [-0.1, -0.05) is 0 Å². The van der Waals surface area contributed by atoms with E-state index in [9.17, 15) is 9.59 Å². The lowest BCUT2D eigenvalue weighted by atomic mass is 9.92. The van der Waals surface area contributed by atoms with Crippen LogP contribution in [0.2, 0.25) is 0 Å². The van der Waals surface area contributed by atoms with Gasteiger partial charge in [0, 0.05) is 7.05 Å². The molecule has 0 aromatic carbocycles. The maximum absolute atomic E-state index is 11.8. The zero-order chi connectivity index (χ0) is 12.3. The third-order valence-corrected chi connectivity index (χ3v) is 2.39. The second kappa shape index (κ2) is 4.38. The highest BCUT2D eigenvalue weighted by atomic mass is 16.4. The van der Waals surface area contributed by atoms with E-state index in [1.165, 1.54) is 25.0 Å². The topological polar surface area (TPSA) is 70.8 Å². The molecule has 5 nitrogen and oxygen atoms in total. The monoisotopic (exact) mass is 225 g/mol. The predicted molar refractivity (Wildman–Crippen MR) is 56.6 cm³/mol. The third kappa shape index (κ3) is 2.42. The lowest BCUT2D eigenvalue weighted by Gasteiger charge is -2.25. The lowest BCUT2D eigenvalue weighted by Crippen LogP contribution is -2.42. The molecule has 0 saturated carbocycles. The minimum atomic E-state index is -1.42. The first-order chi connectivity index (χ1) is 7.35. The number of hydrogen-bond donors (Lipinski definition) is 1. The molecular formula is C11H15NO4. The maximum atomic E-state index is 11.8. The molecule has 88 valence electrons. The van der Waals surface area contributed by atoms with E-state index in [2.05, 4.69) is 0 Å². The van der Waals surface area contributed by atoms with Gasteiger partial charge in [-0.2, -0.15) is 0 Å². The highest BCUT2D eigenvalue weighted by Gasteiger charge is 2.38. The van der Waals surface area contributed by atoms with Gasteiger partial charge in [-0.25, -0.2) is 0 Å². The van der Waals surface area contributed by atoms with Crippen LogP contribution < -0.4 is 0 Å². The molecule has 0 atom stereocenters. The molecule has 0 unspecified atom stereocenters. The highest BCUT2D eigenvalue weighted by molar-refractivity contribution is 6.00. The van der Waals surface area contributed by atoms with Crippen molar-refractivity contribution >= 4 is 11.9 Å². The van der Waals surface area contributed by atoms with Crippen LogP contribution in [0.3, 0.4) is 0 Å². The minimum absolute atomic E-state index is 0.266. The quantitative estimate of drug-likeness (QED) is 0.785. The molecule has 0 spiro atoms. The number of hydrogen-bond acceptors (Lipinski definition) is 3. The SMILES string of the molecule is CN(Cc1ccco1)C(=O)C(C)(C)C(=O)O. The molecule has 0 radical (unpaired) electrons. The Morgan fingerprint density at radius 2 is 2.12 bits per heavy atom. The fourth-order valence-corrected chi connectivity index (χ4v) is 1.28. The minimum Gasteiger partial charge on any atom is -0.480 e. The van der Waals surface area contributed by atoms with Gasteiger partial charge in [0.2, 0.25) is 5.91 Å². The molecule has 1 aromatic rings. The van der Waals surface area contributed by atoms with Gasteiger partial charge >= 0.3 is 5.97 Å². The molecule has 1 rings (SSSR count). The van der Waals surface area contributed by atoms with Gasteiger partial charge < -0.3 is 14.4 Å². The number of furan rings is 1. The van der Waals surface area contributed by atoms with Crippen molar-refractivity contribution in [3.63, 3.8) is 0 Å². The normalized spacial score (nSPS) is 11.2. The van der Waals surface area contributed by atoms with E-state index in [4.69, 9.17) is 9.52 Å². The van der Waals surface area contributed by atoms with E-state index in [1.807, 2.05) is 0 Å². The van der Waals surface area contributed by atoms with Crippen molar-refractivity contribution in [3.05, 3.63) is 24.2 Å². The summed E-state index contributed by atoms with van der Waals surface area (Å²) in [6.07, 6.45) is 1.51. The summed E-state index contributed by atoms with van der Waals surface area (Å²) >= 11 is 0. The summed E-state index contributed by atoms with van der Waals surface area (Å²) in [6.45, 7) is 3.04. The molecule has 0 aliphatic rings. The highest BCUT2D eigenvalue weighted by Crippen LogP contribution is 2.19. The van der Waals surface area contributed by atoms with E-state index < -0.39 is 17.3 Å². The van der Waals surface area contributed by atoms with Crippen molar-refractivity contribution < 1.29 is 19.1 Å². The van der Waals surface area contributed by atoms with Crippen molar-refractivity contribution in [1.29, 1.82) is 0 Å². The fourth-order valence-electron chi connectivity index (χ4n) is 1.28. The Bertz CT molecular complexity index is 381. The summed E-state index contributed by atoms with van der Waals surface area (Å²) in [5.41, 5.74) is -1.42. The first kappa shape index (κ1) is 12.3. The number of carbonyl (C=O) groups is 2. The van der Waals surface area contributed by atoms with E-state index in [-0.39, 0.29) is 6.54 Å². The summed E-state index contributed by atoms with van der Waals surface area (Å²) in [5, 5.41) is 8.92. The number of carbonyl (C=O) groups excluding carboxylic acids is 1. The number of aliphatic carboxylic acids is 1. The Labute approximate surface area is 93.7 Å². The van der Waals surface area contributed by atoms with Gasteiger partial charge in [-0.05, 0) is 26.0 Å². The predicted octanol–water partition coefficient (Wildman–Crippen LogP) is 1.35. The van der Waals surface area contributed by atoms with E-state index in [0.717, 1.165) is 0 Å². The first-order valence-corrected chi connectivity index (χ1v) is 4.87. The standard InChI is InChI=1S/C11H15NO4/c1-11(2,10(14)15)9(13)12(3)7-8-5-4-6-16-8/h4-6H,7H2,1-3H3,(H,14,15). The van der Waals surface area contributed by atoms with E-state index >= 15 is 0 Å². The number of carboxylic acids is 1. The average molecular weight is 225 g/mol. The van der Waals surface area contributed by atoms with Crippen molar-refractivity contribution in [2.24, 2.45) is 5.41 Å². The van der Waals surface area contributed by atoms with Crippen LogP contribution in [-0.2, 0) is 16.1 Å². The molecule has 0 aliphatic heterocycles. The molecule has 5 heteroatoms. The molecule has 16 heavy (non-hydrogen) atoms. The molecule has 1 N–H and O–H groups in total. The van der Waals surface area contributed by atoms with Crippen molar-refractivity contribution in [3.8, 4) is 0 Å². The van der Waals surface area contributed by atoms with Gasteiger partial charge in [0.05, 0.1) is 12.8 Å². The van der Waals surface area contributed by atoms with Crippen molar-refractivity contribution in [2.45, 2.75) is 20.4 Å². The van der Waals surface area contributed by atoms with E-state index in [1.54, 1.807) is 19.2 Å². The average Bonchev–Trinajstić information content (AvgIpc) is 2.68. The summed E-state index contributed by atoms with van der Waals surface area (Å²) in [5.74, 6) is -0.961. The molecular weight excluding hydrogens is 210 g/mol. The van der Waals surface area contributed by atoms with Gasteiger partial charge in [0.1, 0.15) is 11.2 Å². The largest absolute Gasteiger partial charge is 0.480 e. The Kier molecular flexibility index (Phi) is 3.37. The van der Waals surface area contributed by atoms with Crippen LogP contribution in [0.25, 0.3) is 0 Å². The van der Waals surface area contributed by atoms with Crippen LogP contribution in [0.1, 0.15) is 19.6 Å². The molecule has 1 amide bonds. The fraction of sp³-hybridized carbons (Fsp3) is 0.455. The zero-order valence-electron chi connectivity index (χ0n) is 9.56. The molecule has 0 fully saturated rings. The van der Waals surface area contributed by atoms with Crippen LogP contribution in [-0.4, -0.2) is 28.9 Å². The smallest absolute Gasteiger partial charge is 0.318 e. The van der Waals surface area contributed by atoms with Gasteiger partial charge in [0.15, 0.2) is 0 Å². The molecule has 1 heterocycles. The molecule has 0 aliphatic carbocycles. The van der Waals surface area contributed by atoms with Gasteiger partial charge in [-0.15, -0.1) is 0 Å². The van der Waals surface area contributed by atoms with Crippen molar-refractivity contribution in [1.82, 2.24) is 4.90 Å². The van der Waals surface area contributed by atoms with Crippen LogP contribution in [0.15, 0.2) is 22.8 Å². The molecule has 0 bridgehead atoms. The summed E-state index contributed by atoms with van der Waals surface area (Å²) in [4.78, 5) is 24.1. The summed E-state index contributed by atoms with van der Waals surface area (Å²) in [7, 11) is 1.55. The lowest BCUT2D eigenvalue weighted by molar-refractivity contribution is -0.157. The van der Waals surface area contributed by atoms with Gasteiger partial charge in [-0.3, -0.25) is 9.59 Å². The first-order valence-electron chi connectivity index (χ1n) is 4.87. The van der Waals surface area contributed by atoms with Crippen LogP contribution in [0, 0.1) is 5.41 Å². The second-order valence-corrected chi connectivity index (χ2v) is 4.17. The number of rotatable bonds is 4. The Morgan fingerprint density at radius 3 is 2.56 bits per heavy atom. The van der Waals surface area contributed by atoms with E-state index in [0.29, 0.717) is 5.76 Å². The third-order valence-electron chi connectivity index (χ3n) is 2.39. The molecule has 0 saturated heterocycles. The number of amides is 1. The van der Waals surface area contributed by atoms with Crippen molar-refractivity contribution in [2.75, 3.05) is 7.05 Å². The molecule has 1 aromatic heterocycles. The van der Waals surface area contributed by atoms with Crippen LogP contribution in [0.4, 0.5) is 0 Å². The Hall–Kier alpha value is -1.78. The maximum Gasteiger partial charge on any atom is 0.318 e. The number of nitrogens with zero attached hydrogens (tertiary/aromatic N) is 1. The van der Waals surface area contributed by atoms with Gasteiger partial charge in [0.25, 0.3) is 0 Å². The van der Waals surface area contributed by atoms with Crippen LogP contribution >= 0.6 is 0 Å². The summed E-state index contributed by atoms with van der Waals surface area (Å²) < 4.78 is 5.09. The summed E-state index contributed by atoms with van der Waals surface area (Å²) in [6, 6.07) is 3.45. The number of carboxylic acid groups (broad SMARTS) is 1. The second-order valence-electron chi connectivity index (χ2n) is 4.17.